The molecule has 0 spiro atoms. The van der Waals surface area contributed by atoms with Crippen LogP contribution in [0.2, 0.25) is 0 Å². The summed E-state index contributed by atoms with van der Waals surface area (Å²) in [5, 5.41) is 23.7. The first-order valence-electron chi connectivity index (χ1n) is 17.0. The highest BCUT2D eigenvalue weighted by molar-refractivity contribution is 7.47. The maximum Gasteiger partial charge on any atom is 0.472 e. The molecular weight excluding hydrogens is 567 g/mol. The molecule has 0 saturated heterocycles. The number of rotatable bonds is 31. The largest absolute Gasteiger partial charge is 0.472 e. The third-order valence-corrected chi connectivity index (χ3v) is 8.32. The van der Waals surface area contributed by atoms with Crippen molar-refractivity contribution in [3.8, 4) is 0 Å². The van der Waals surface area contributed by atoms with Gasteiger partial charge in [-0.2, -0.15) is 0 Å². The van der Waals surface area contributed by atoms with Gasteiger partial charge in [0.15, 0.2) is 0 Å². The number of phosphoric acid groups is 1. The second-order valence-electron chi connectivity index (χ2n) is 11.6. The highest BCUT2D eigenvalue weighted by Gasteiger charge is 2.27. The molecule has 4 atom stereocenters. The van der Waals surface area contributed by atoms with Gasteiger partial charge in [-0.1, -0.05) is 128 Å². The molecule has 0 aromatic carbocycles. The second-order valence-corrected chi connectivity index (χ2v) is 13.0. The van der Waals surface area contributed by atoms with E-state index in [1.807, 2.05) is 6.08 Å². The molecular formula is C33H65N2O7P. The molecule has 43 heavy (non-hydrogen) atoms. The lowest BCUT2D eigenvalue weighted by atomic mass is 10.0. The first-order chi connectivity index (χ1) is 20.8. The Labute approximate surface area is 262 Å². The summed E-state index contributed by atoms with van der Waals surface area (Å²) < 4.78 is 21.9. The lowest BCUT2D eigenvalue weighted by Crippen LogP contribution is -2.46. The van der Waals surface area contributed by atoms with Crippen molar-refractivity contribution in [1.82, 2.24) is 5.32 Å². The molecule has 0 aliphatic heterocycles. The van der Waals surface area contributed by atoms with Gasteiger partial charge in [0.2, 0.25) is 5.91 Å². The molecule has 0 aliphatic rings. The van der Waals surface area contributed by atoms with Crippen LogP contribution in [0.5, 0.6) is 0 Å². The number of hydrogen-bond acceptors (Lipinski definition) is 7. The fourth-order valence-electron chi connectivity index (χ4n) is 4.72. The second kappa shape index (κ2) is 29.6. The number of nitrogens with two attached hydrogens (primary N) is 1. The van der Waals surface area contributed by atoms with Gasteiger partial charge in [0.05, 0.1) is 37.9 Å². The summed E-state index contributed by atoms with van der Waals surface area (Å²) in [4.78, 5) is 22.5. The number of amides is 1. The van der Waals surface area contributed by atoms with Crippen molar-refractivity contribution in [2.24, 2.45) is 5.73 Å². The van der Waals surface area contributed by atoms with E-state index in [0.717, 1.165) is 32.1 Å². The van der Waals surface area contributed by atoms with Crippen molar-refractivity contribution in [2.75, 3.05) is 19.8 Å². The van der Waals surface area contributed by atoms with E-state index in [-0.39, 0.29) is 19.6 Å². The number of hydrogen-bond donors (Lipinski definition) is 5. The fourth-order valence-corrected chi connectivity index (χ4v) is 5.48. The first kappa shape index (κ1) is 41.9. The molecule has 254 valence electrons. The Bertz CT molecular complexity index is 751. The lowest BCUT2D eigenvalue weighted by molar-refractivity contribution is -0.124. The van der Waals surface area contributed by atoms with Crippen LogP contribution < -0.4 is 11.1 Å². The number of aliphatic hydroxyl groups excluding tert-OH is 2. The minimum absolute atomic E-state index is 0.0453. The molecule has 0 rings (SSSR count). The van der Waals surface area contributed by atoms with Gasteiger partial charge in [-0.05, 0) is 32.1 Å². The highest BCUT2D eigenvalue weighted by Crippen LogP contribution is 2.43. The molecule has 0 saturated carbocycles. The van der Waals surface area contributed by atoms with Crippen molar-refractivity contribution in [3.63, 3.8) is 0 Å². The summed E-state index contributed by atoms with van der Waals surface area (Å²) in [6, 6.07) is -0.992. The molecule has 6 N–H and O–H groups in total. The van der Waals surface area contributed by atoms with Crippen LogP contribution in [-0.2, 0) is 18.4 Å². The normalized spacial score (nSPS) is 15.6. The van der Waals surface area contributed by atoms with Gasteiger partial charge in [0.25, 0.3) is 0 Å². The van der Waals surface area contributed by atoms with Crippen molar-refractivity contribution in [2.45, 2.75) is 161 Å². The maximum atomic E-state index is 12.7. The molecule has 1 amide bonds. The van der Waals surface area contributed by atoms with Gasteiger partial charge in [0, 0.05) is 6.54 Å². The maximum absolute atomic E-state index is 12.7. The van der Waals surface area contributed by atoms with Crippen LogP contribution in [-0.4, -0.2) is 59.0 Å². The smallest absolute Gasteiger partial charge is 0.393 e. The van der Waals surface area contributed by atoms with Crippen LogP contribution in [0, 0.1) is 0 Å². The Balaban J connectivity index is 4.55. The number of nitrogens with one attached hydrogen (secondary N) is 1. The minimum Gasteiger partial charge on any atom is -0.393 e. The summed E-state index contributed by atoms with van der Waals surface area (Å²) in [6.45, 7) is 3.87. The summed E-state index contributed by atoms with van der Waals surface area (Å²) in [7, 11) is -4.39. The molecule has 0 aromatic heterocycles. The SMILES string of the molecule is CCCCCC/C=C/CC/C=C/C(O)C(COP(=O)(O)OCCN)NC(=O)CC(O)CCCCCCCCCCCCC. The predicted molar refractivity (Wildman–Crippen MR) is 177 cm³/mol. The van der Waals surface area contributed by atoms with Crippen LogP contribution >= 0.6 is 7.82 Å². The number of allylic oxidation sites excluding steroid dienone is 3. The van der Waals surface area contributed by atoms with Gasteiger partial charge in [-0.3, -0.25) is 13.8 Å². The Hall–Kier alpha value is -1.06. The third-order valence-electron chi connectivity index (χ3n) is 7.33. The quantitative estimate of drug-likeness (QED) is 0.0305. The van der Waals surface area contributed by atoms with E-state index in [1.165, 1.54) is 77.0 Å². The Kier molecular flexibility index (Phi) is 28.9. The summed E-state index contributed by atoms with van der Waals surface area (Å²) in [6.07, 6.45) is 27.0. The molecule has 0 aliphatic carbocycles. The number of aliphatic hydroxyl groups is 2. The van der Waals surface area contributed by atoms with Crippen molar-refractivity contribution < 1.29 is 33.5 Å². The monoisotopic (exact) mass is 632 g/mol. The zero-order valence-corrected chi connectivity index (χ0v) is 28.2. The molecule has 0 aromatic rings. The molecule has 0 fully saturated rings. The summed E-state index contributed by atoms with van der Waals surface area (Å²) in [5.41, 5.74) is 5.32. The van der Waals surface area contributed by atoms with E-state index in [9.17, 15) is 24.5 Å². The van der Waals surface area contributed by atoms with Crippen molar-refractivity contribution in [1.29, 1.82) is 0 Å². The number of unbranched alkanes of at least 4 members (excludes halogenated alkanes) is 15. The van der Waals surface area contributed by atoms with E-state index in [1.54, 1.807) is 6.08 Å². The topological polar surface area (TPSA) is 151 Å². The Morgan fingerprint density at radius 2 is 1.33 bits per heavy atom. The molecule has 0 radical (unpaired) electrons. The van der Waals surface area contributed by atoms with Gasteiger partial charge in [0.1, 0.15) is 0 Å². The van der Waals surface area contributed by atoms with Crippen LogP contribution in [0.15, 0.2) is 24.3 Å². The summed E-state index contributed by atoms with van der Waals surface area (Å²) in [5.74, 6) is -0.460. The number of carbonyl (C=O) groups is 1. The molecule has 9 nitrogen and oxygen atoms in total. The Morgan fingerprint density at radius 1 is 0.791 bits per heavy atom. The molecule has 4 unspecified atom stereocenters. The van der Waals surface area contributed by atoms with Gasteiger partial charge >= 0.3 is 7.82 Å². The average molecular weight is 633 g/mol. The molecule has 0 heterocycles. The zero-order chi connectivity index (χ0) is 32.0. The van der Waals surface area contributed by atoms with Crippen molar-refractivity contribution in [3.05, 3.63) is 24.3 Å². The lowest BCUT2D eigenvalue weighted by Gasteiger charge is -2.24. The molecule has 10 heteroatoms. The van der Waals surface area contributed by atoms with E-state index in [2.05, 4.69) is 31.3 Å². The van der Waals surface area contributed by atoms with Crippen LogP contribution in [0.25, 0.3) is 0 Å². The van der Waals surface area contributed by atoms with E-state index in [0.29, 0.717) is 12.8 Å². The molecule has 0 bridgehead atoms. The zero-order valence-electron chi connectivity index (χ0n) is 27.3. The third kappa shape index (κ3) is 28.2. The number of carbonyl (C=O) groups excluding carboxylic acids is 1. The first-order valence-corrected chi connectivity index (χ1v) is 18.5. The van der Waals surface area contributed by atoms with Crippen LogP contribution in [0.1, 0.15) is 142 Å². The van der Waals surface area contributed by atoms with Gasteiger partial charge in [-0.25, -0.2) is 4.57 Å². The van der Waals surface area contributed by atoms with Gasteiger partial charge in [-0.15, -0.1) is 0 Å². The highest BCUT2D eigenvalue weighted by atomic mass is 31.2. The van der Waals surface area contributed by atoms with E-state index in [4.69, 9.17) is 14.8 Å². The van der Waals surface area contributed by atoms with Crippen molar-refractivity contribution >= 4 is 13.7 Å². The van der Waals surface area contributed by atoms with Gasteiger partial charge < -0.3 is 26.2 Å². The van der Waals surface area contributed by atoms with E-state index < -0.39 is 38.6 Å². The van der Waals surface area contributed by atoms with Crippen LogP contribution in [0.4, 0.5) is 0 Å². The number of phosphoric ester groups is 1. The fraction of sp³-hybridized carbons (Fsp3) is 0.848. The summed E-state index contributed by atoms with van der Waals surface area (Å²) >= 11 is 0. The average Bonchev–Trinajstić information content (AvgIpc) is 2.97. The van der Waals surface area contributed by atoms with Crippen LogP contribution in [0.3, 0.4) is 0 Å². The predicted octanol–water partition coefficient (Wildman–Crippen LogP) is 7.24. The van der Waals surface area contributed by atoms with E-state index >= 15 is 0 Å². The standard InChI is InChI=1S/C33H65N2O7P/c1-3-5-7-9-11-13-15-16-18-20-22-24-30(36)28-33(38)35-31(29-42-43(39,40)41-27-26-34)32(37)25-23-21-19-17-14-12-10-8-6-4-2/h14,17,23,25,30-32,36-37H,3-13,15-16,18-22,24,26-29,34H2,1-2H3,(H,35,38)(H,39,40)/b17-14+,25-23+. The Morgan fingerprint density at radius 3 is 1.93 bits per heavy atom. The minimum atomic E-state index is -4.39.